The van der Waals surface area contributed by atoms with Crippen LogP contribution in [-0.2, 0) is 17.8 Å². The molecule has 1 fully saturated rings. The molecule has 2 aliphatic heterocycles. The fourth-order valence-corrected chi connectivity index (χ4v) is 3.09. The summed E-state index contributed by atoms with van der Waals surface area (Å²) in [5.41, 5.74) is 1.26. The number of aliphatic hydroxyl groups is 1. The van der Waals surface area contributed by atoms with Crippen molar-refractivity contribution in [3.63, 3.8) is 0 Å². The number of aromatic nitrogens is 2. The minimum Gasteiger partial charge on any atom is -0.395 e. The third-order valence-corrected chi connectivity index (χ3v) is 4.16. The predicted octanol–water partition coefficient (Wildman–Crippen LogP) is 0.629. The molecule has 0 aliphatic carbocycles. The third kappa shape index (κ3) is 2.30. The first-order valence-electron chi connectivity index (χ1n) is 6.83. The van der Waals surface area contributed by atoms with Crippen LogP contribution in [0.3, 0.4) is 0 Å². The van der Waals surface area contributed by atoms with Gasteiger partial charge in [-0.15, -0.1) is 0 Å². The topological polar surface area (TPSA) is 50.5 Å². The van der Waals surface area contributed by atoms with E-state index in [0.29, 0.717) is 6.04 Å². The number of hydrogen-bond donors (Lipinski definition) is 1. The molecule has 1 saturated heterocycles. The van der Waals surface area contributed by atoms with Crippen LogP contribution in [0.1, 0.15) is 25.0 Å². The molecular formula is C13H21N3O2. The number of aliphatic hydroxyl groups excluding tert-OH is 1. The van der Waals surface area contributed by atoms with Crippen LogP contribution in [0.5, 0.6) is 0 Å². The quantitative estimate of drug-likeness (QED) is 0.837. The van der Waals surface area contributed by atoms with Crippen molar-refractivity contribution in [1.29, 1.82) is 0 Å². The van der Waals surface area contributed by atoms with Crippen molar-refractivity contribution in [3.05, 3.63) is 18.0 Å². The molecule has 100 valence electrons. The molecule has 3 rings (SSSR count). The molecule has 1 aromatic heterocycles. The Balaban J connectivity index is 1.80. The fourth-order valence-electron chi connectivity index (χ4n) is 3.09. The Morgan fingerprint density at radius 1 is 1.33 bits per heavy atom. The van der Waals surface area contributed by atoms with Crippen LogP contribution < -0.4 is 0 Å². The Hall–Kier alpha value is -0.910. The van der Waals surface area contributed by atoms with Gasteiger partial charge in [0, 0.05) is 44.6 Å². The molecule has 0 aromatic carbocycles. The van der Waals surface area contributed by atoms with Crippen LogP contribution in [0, 0.1) is 0 Å². The first-order valence-corrected chi connectivity index (χ1v) is 6.83. The highest BCUT2D eigenvalue weighted by atomic mass is 16.5. The van der Waals surface area contributed by atoms with Crippen molar-refractivity contribution in [2.24, 2.45) is 0 Å². The van der Waals surface area contributed by atoms with E-state index >= 15 is 0 Å². The van der Waals surface area contributed by atoms with Gasteiger partial charge in [0.2, 0.25) is 0 Å². The summed E-state index contributed by atoms with van der Waals surface area (Å²) >= 11 is 0. The summed E-state index contributed by atoms with van der Waals surface area (Å²) in [6, 6.07) is 2.89. The Morgan fingerprint density at radius 2 is 2.17 bits per heavy atom. The maximum atomic E-state index is 9.63. The smallest absolute Gasteiger partial charge is 0.0587 e. The largest absolute Gasteiger partial charge is 0.395 e. The highest BCUT2D eigenvalue weighted by Crippen LogP contribution is 2.24. The first-order chi connectivity index (χ1) is 8.88. The lowest BCUT2D eigenvalue weighted by Crippen LogP contribution is -2.46. The summed E-state index contributed by atoms with van der Waals surface area (Å²) in [4.78, 5) is 2.46. The van der Waals surface area contributed by atoms with Gasteiger partial charge >= 0.3 is 0 Å². The standard InChI is InChI=1S/C13H21N3O2/c17-10-13-2-6-16-12(1-5-14-16)9-15(13)11-3-7-18-8-4-11/h1,5,11,13,17H,2-4,6-10H2. The molecule has 0 bridgehead atoms. The molecule has 5 nitrogen and oxygen atoms in total. The van der Waals surface area contributed by atoms with E-state index in [4.69, 9.17) is 4.74 Å². The van der Waals surface area contributed by atoms with Crippen molar-refractivity contribution in [3.8, 4) is 0 Å². The van der Waals surface area contributed by atoms with Gasteiger partial charge in [-0.05, 0) is 25.3 Å². The first kappa shape index (κ1) is 12.1. The van der Waals surface area contributed by atoms with Crippen LogP contribution >= 0.6 is 0 Å². The van der Waals surface area contributed by atoms with Crippen LogP contribution in [0.15, 0.2) is 12.3 Å². The molecule has 3 heterocycles. The van der Waals surface area contributed by atoms with Gasteiger partial charge in [-0.25, -0.2) is 0 Å². The van der Waals surface area contributed by atoms with Crippen molar-refractivity contribution >= 4 is 0 Å². The molecule has 2 aliphatic rings. The molecule has 18 heavy (non-hydrogen) atoms. The van der Waals surface area contributed by atoms with Gasteiger partial charge in [-0.1, -0.05) is 0 Å². The summed E-state index contributed by atoms with van der Waals surface area (Å²) in [7, 11) is 0. The lowest BCUT2D eigenvalue weighted by atomic mass is 10.0. The van der Waals surface area contributed by atoms with Gasteiger partial charge in [-0.2, -0.15) is 5.10 Å². The van der Waals surface area contributed by atoms with E-state index in [1.165, 1.54) is 5.69 Å². The molecule has 1 aromatic rings. The van der Waals surface area contributed by atoms with E-state index in [9.17, 15) is 5.11 Å². The molecule has 0 saturated carbocycles. The van der Waals surface area contributed by atoms with Crippen LogP contribution in [0.2, 0.25) is 0 Å². The third-order valence-electron chi connectivity index (χ3n) is 4.16. The lowest BCUT2D eigenvalue weighted by Gasteiger charge is -2.37. The summed E-state index contributed by atoms with van der Waals surface area (Å²) in [6.45, 7) is 3.74. The number of nitrogens with zero attached hydrogens (tertiary/aromatic N) is 3. The number of aryl methyl sites for hydroxylation is 1. The molecule has 0 spiro atoms. The van der Waals surface area contributed by atoms with Crippen LogP contribution in [-0.4, -0.2) is 51.7 Å². The molecule has 5 heteroatoms. The van der Waals surface area contributed by atoms with E-state index in [1.54, 1.807) is 0 Å². The molecule has 0 amide bonds. The second-order valence-electron chi connectivity index (χ2n) is 5.19. The zero-order chi connectivity index (χ0) is 12.4. The minimum absolute atomic E-state index is 0.238. The monoisotopic (exact) mass is 251 g/mol. The highest BCUT2D eigenvalue weighted by molar-refractivity contribution is 5.03. The van der Waals surface area contributed by atoms with Crippen molar-refractivity contribution < 1.29 is 9.84 Å². The number of rotatable bonds is 2. The molecular weight excluding hydrogens is 230 g/mol. The second-order valence-corrected chi connectivity index (χ2v) is 5.19. The van der Waals surface area contributed by atoms with Crippen molar-refractivity contribution in [1.82, 2.24) is 14.7 Å². The van der Waals surface area contributed by atoms with Gasteiger partial charge in [0.1, 0.15) is 0 Å². The van der Waals surface area contributed by atoms with Crippen LogP contribution in [0.4, 0.5) is 0 Å². The number of hydrogen-bond acceptors (Lipinski definition) is 4. The summed E-state index contributed by atoms with van der Waals surface area (Å²) in [5.74, 6) is 0. The summed E-state index contributed by atoms with van der Waals surface area (Å²) < 4.78 is 7.51. The second kappa shape index (κ2) is 5.38. The molecule has 1 N–H and O–H groups in total. The zero-order valence-corrected chi connectivity index (χ0v) is 10.7. The Kier molecular flexibility index (Phi) is 3.63. The van der Waals surface area contributed by atoms with Crippen LogP contribution in [0.25, 0.3) is 0 Å². The van der Waals surface area contributed by atoms with Gasteiger partial charge in [0.25, 0.3) is 0 Å². The maximum absolute atomic E-state index is 9.63. The Morgan fingerprint density at radius 3 is 2.94 bits per heavy atom. The van der Waals surface area contributed by atoms with Crippen molar-refractivity contribution in [2.75, 3.05) is 19.8 Å². The predicted molar refractivity (Wildman–Crippen MR) is 67.1 cm³/mol. The minimum atomic E-state index is 0.238. The highest BCUT2D eigenvalue weighted by Gasteiger charge is 2.30. The average molecular weight is 251 g/mol. The Labute approximate surface area is 107 Å². The van der Waals surface area contributed by atoms with E-state index in [2.05, 4.69) is 20.7 Å². The normalized spacial score (nSPS) is 26.8. The van der Waals surface area contributed by atoms with Gasteiger partial charge in [0.05, 0.1) is 12.3 Å². The average Bonchev–Trinajstić information content (AvgIpc) is 2.79. The van der Waals surface area contributed by atoms with E-state index in [-0.39, 0.29) is 12.6 Å². The number of fused-ring (bicyclic) bond motifs is 1. The lowest BCUT2D eigenvalue weighted by molar-refractivity contribution is -0.000320. The SMILES string of the molecule is OCC1CCn2nccc2CN1C1CCOCC1. The summed E-state index contributed by atoms with van der Waals surface area (Å²) in [6.07, 6.45) is 4.99. The van der Waals surface area contributed by atoms with Gasteiger partial charge in [0.15, 0.2) is 0 Å². The molecule has 1 unspecified atom stereocenters. The molecule has 1 atom stereocenters. The van der Waals surface area contributed by atoms with Gasteiger partial charge < -0.3 is 9.84 Å². The maximum Gasteiger partial charge on any atom is 0.0587 e. The Bertz CT molecular complexity index is 387. The molecule has 0 radical (unpaired) electrons. The summed E-state index contributed by atoms with van der Waals surface area (Å²) in [5, 5.41) is 14.0. The van der Waals surface area contributed by atoms with Gasteiger partial charge in [-0.3, -0.25) is 9.58 Å². The fraction of sp³-hybridized carbons (Fsp3) is 0.769. The van der Waals surface area contributed by atoms with E-state index in [1.807, 2.05) is 6.20 Å². The zero-order valence-electron chi connectivity index (χ0n) is 10.7. The van der Waals surface area contributed by atoms with E-state index < -0.39 is 0 Å². The number of ether oxygens (including phenoxy) is 1. The van der Waals surface area contributed by atoms with E-state index in [0.717, 1.165) is 45.6 Å². The van der Waals surface area contributed by atoms with Crippen molar-refractivity contribution in [2.45, 2.75) is 44.4 Å².